The summed E-state index contributed by atoms with van der Waals surface area (Å²) < 4.78 is 0. The highest BCUT2D eigenvalue weighted by Crippen LogP contribution is 2.41. The van der Waals surface area contributed by atoms with Crippen LogP contribution in [0.15, 0.2) is 18.2 Å². The van der Waals surface area contributed by atoms with Crippen molar-refractivity contribution in [3.63, 3.8) is 0 Å². The van der Waals surface area contributed by atoms with Crippen molar-refractivity contribution >= 4 is 0 Å². The van der Waals surface area contributed by atoms with Crippen LogP contribution in [0.25, 0.3) is 0 Å². The fourth-order valence-electron chi connectivity index (χ4n) is 4.45. The van der Waals surface area contributed by atoms with Gasteiger partial charge in [-0.1, -0.05) is 12.1 Å². The maximum absolute atomic E-state index is 9.99. The molecule has 1 N–H and O–H groups in total. The van der Waals surface area contributed by atoms with E-state index in [1.165, 1.54) is 63.0 Å². The fraction of sp³-hybridized carbons (Fsp3) is 0.647. The highest BCUT2D eigenvalue weighted by molar-refractivity contribution is 5.44. The average molecular weight is 272 g/mol. The first-order valence-corrected chi connectivity index (χ1v) is 8.12. The number of hydrogen-bond donors (Lipinski definition) is 1. The maximum atomic E-state index is 9.99. The fourth-order valence-corrected chi connectivity index (χ4v) is 4.45. The number of phenols is 1. The SMILES string of the molecule is Oc1cccc2c1CCC2N1CCC(N2CCCC2)C1. The van der Waals surface area contributed by atoms with Crippen LogP contribution in [-0.2, 0) is 6.42 Å². The first-order chi connectivity index (χ1) is 9.83. The van der Waals surface area contributed by atoms with Gasteiger partial charge >= 0.3 is 0 Å². The predicted octanol–water partition coefficient (Wildman–Crippen LogP) is 2.55. The molecule has 2 atom stereocenters. The van der Waals surface area contributed by atoms with Gasteiger partial charge in [-0.25, -0.2) is 0 Å². The summed E-state index contributed by atoms with van der Waals surface area (Å²) in [6.45, 7) is 5.06. The lowest BCUT2D eigenvalue weighted by atomic mass is 10.1. The zero-order valence-electron chi connectivity index (χ0n) is 12.1. The quantitative estimate of drug-likeness (QED) is 0.896. The van der Waals surface area contributed by atoms with Gasteiger partial charge in [-0.05, 0) is 62.4 Å². The Kier molecular flexibility index (Phi) is 3.20. The highest BCUT2D eigenvalue weighted by atomic mass is 16.3. The van der Waals surface area contributed by atoms with Gasteiger partial charge < -0.3 is 5.11 Å². The summed E-state index contributed by atoms with van der Waals surface area (Å²) in [7, 11) is 0. The predicted molar refractivity (Wildman–Crippen MR) is 80.0 cm³/mol. The van der Waals surface area contributed by atoms with Gasteiger partial charge in [0.25, 0.3) is 0 Å². The molecule has 2 fully saturated rings. The van der Waals surface area contributed by atoms with Crippen molar-refractivity contribution in [2.75, 3.05) is 26.2 Å². The van der Waals surface area contributed by atoms with Gasteiger partial charge in [-0.2, -0.15) is 0 Å². The van der Waals surface area contributed by atoms with E-state index in [4.69, 9.17) is 0 Å². The van der Waals surface area contributed by atoms with Gasteiger partial charge in [0.2, 0.25) is 0 Å². The van der Waals surface area contributed by atoms with E-state index in [-0.39, 0.29) is 0 Å². The summed E-state index contributed by atoms with van der Waals surface area (Å²) in [6.07, 6.45) is 6.31. The maximum Gasteiger partial charge on any atom is 0.119 e. The van der Waals surface area contributed by atoms with E-state index in [0.29, 0.717) is 11.8 Å². The van der Waals surface area contributed by atoms with Crippen LogP contribution in [0.3, 0.4) is 0 Å². The first-order valence-electron chi connectivity index (χ1n) is 8.12. The molecule has 0 spiro atoms. The Balaban J connectivity index is 1.49. The number of fused-ring (bicyclic) bond motifs is 1. The van der Waals surface area contributed by atoms with Crippen LogP contribution < -0.4 is 0 Å². The molecule has 0 radical (unpaired) electrons. The third-order valence-corrected chi connectivity index (χ3v) is 5.51. The van der Waals surface area contributed by atoms with Crippen LogP contribution in [0.5, 0.6) is 5.75 Å². The van der Waals surface area contributed by atoms with Crippen molar-refractivity contribution in [1.82, 2.24) is 9.80 Å². The lowest BCUT2D eigenvalue weighted by Gasteiger charge is -2.27. The molecule has 2 heterocycles. The van der Waals surface area contributed by atoms with Gasteiger partial charge in [0.1, 0.15) is 5.75 Å². The average Bonchev–Trinajstić information content (AvgIpc) is 3.18. The van der Waals surface area contributed by atoms with E-state index in [2.05, 4.69) is 15.9 Å². The van der Waals surface area contributed by atoms with E-state index < -0.39 is 0 Å². The largest absolute Gasteiger partial charge is 0.508 e. The number of benzene rings is 1. The molecule has 0 amide bonds. The third kappa shape index (κ3) is 2.04. The number of hydrogen-bond acceptors (Lipinski definition) is 3. The summed E-state index contributed by atoms with van der Waals surface area (Å²) in [5.41, 5.74) is 2.58. The smallest absolute Gasteiger partial charge is 0.119 e. The lowest BCUT2D eigenvalue weighted by Crippen LogP contribution is -2.36. The molecular weight excluding hydrogens is 248 g/mol. The zero-order valence-corrected chi connectivity index (χ0v) is 12.1. The van der Waals surface area contributed by atoms with Crippen molar-refractivity contribution in [2.45, 2.75) is 44.2 Å². The van der Waals surface area contributed by atoms with E-state index >= 15 is 0 Å². The normalized spacial score (nSPS) is 31.0. The molecule has 20 heavy (non-hydrogen) atoms. The number of aromatic hydroxyl groups is 1. The monoisotopic (exact) mass is 272 g/mol. The molecule has 108 valence electrons. The topological polar surface area (TPSA) is 26.7 Å². The minimum absolute atomic E-state index is 0.500. The van der Waals surface area contributed by atoms with Crippen LogP contribution in [-0.4, -0.2) is 47.1 Å². The Hall–Kier alpha value is -1.06. The van der Waals surface area contributed by atoms with E-state index in [1.807, 2.05) is 12.1 Å². The Morgan fingerprint density at radius 1 is 1.00 bits per heavy atom. The molecule has 1 aliphatic carbocycles. The molecule has 4 rings (SSSR count). The van der Waals surface area contributed by atoms with Gasteiger partial charge in [-0.15, -0.1) is 0 Å². The van der Waals surface area contributed by atoms with Crippen molar-refractivity contribution < 1.29 is 5.11 Å². The number of phenolic OH excluding ortho intramolecular Hbond substituents is 1. The molecular formula is C17H24N2O. The minimum Gasteiger partial charge on any atom is -0.508 e. The van der Waals surface area contributed by atoms with Gasteiger partial charge in [0.15, 0.2) is 0 Å². The Labute approximate surface area is 121 Å². The van der Waals surface area contributed by atoms with E-state index in [0.717, 1.165) is 12.5 Å². The summed E-state index contributed by atoms with van der Waals surface area (Å²) >= 11 is 0. The highest BCUT2D eigenvalue weighted by Gasteiger charge is 2.36. The van der Waals surface area contributed by atoms with E-state index in [1.54, 1.807) is 0 Å². The lowest BCUT2D eigenvalue weighted by molar-refractivity contribution is 0.200. The van der Waals surface area contributed by atoms with Gasteiger partial charge in [-0.3, -0.25) is 9.80 Å². The van der Waals surface area contributed by atoms with Crippen molar-refractivity contribution in [2.24, 2.45) is 0 Å². The van der Waals surface area contributed by atoms with E-state index in [9.17, 15) is 5.11 Å². The third-order valence-electron chi connectivity index (χ3n) is 5.51. The molecule has 3 heteroatoms. The number of likely N-dealkylation sites (tertiary alicyclic amines) is 2. The molecule has 1 aromatic carbocycles. The standard InChI is InChI=1S/C17H24N2O/c20-17-5-3-4-14-15(17)6-7-16(14)19-11-8-13(12-19)18-9-1-2-10-18/h3-5,13,16,20H,1-2,6-12H2. The minimum atomic E-state index is 0.500. The molecule has 2 saturated heterocycles. The molecule has 3 nitrogen and oxygen atoms in total. The Morgan fingerprint density at radius 3 is 2.70 bits per heavy atom. The van der Waals surface area contributed by atoms with Crippen LogP contribution >= 0.6 is 0 Å². The van der Waals surface area contributed by atoms with Crippen LogP contribution in [0.1, 0.15) is 42.9 Å². The summed E-state index contributed by atoms with van der Waals surface area (Å²) in [5.74, 6) is 0.500. The molecule has 0 saturated carbocycles. The summed E-state index contributed by atoms with van der Waals surface area (Å²) in [6, 6.07) is 7.37. The Morgan fingerprint density at radius 2 is 1.85 bits per heavy atom. The number of rotatable bonds is 2. The summed E-state index contributed by atoms with van der Waals surface area (Å²) in [5, 5.41) is 9.99. The molecule has 2 unspecified atom stereocenters. The first kappa shape index (κ1) is 12.7. The second-order valence-corrected chi connectivity index (χ2v) is 6.58. The number of nitrogens with zero attached hydrogens (tertiary/aromatic N) is 2. The van der Waals surface area contributed by atoms with Gasteiger partial charge in [0.05, 0.1) is 0 Å². The van der Waals surface area contributed by atoms with Crippen molar-refractivity contribution in [3.8, 4) is 5.75 Å². The van der Waals surface area contributed by atoms with Crippen molar-refractivity contribution in [3.05, 3.63) is 29.3 Å². The molecule has 3 aliphatic rings. The Bertz CT molecular complexity index is 496. The van der Waals surface area contributed by atoms with Crippen LogP contribution in [0, 0.1) is 0 Å². The summed E-state index contributed by atoms with van der Waals surface area (Å²) in [4.78, 5) is 5.35. The zero-order chi connectivity index (χ0) is 13.5. The van der Waals surface area contributed by atoms with Crippen LogP contribution in [0.4, 0.5) is 0 Å². The molecule has 0 aromatic heterocycles. The molecule has 1 aromatic rings. The van der Waals surface area contributed by atoms with Crippen LogP contribution in [0.2, 0.25) is 0 Å². The molecule has 2 aliphatic heterocycles. The molecule has 0 bridgehead atoms. The second kappa shape index (κ2) is 5.05. The second-order valence-electron chi connectivity index (χ2n) is 6.58. The van der Waals surface area contributed by atoms with Gasteiger partial charge in [0, 0.05) is 25.2 Å². The van der Waals surface area contributed by atoms with Crippen molar-refractivity contribution in [1.29, 1.82) is 0 Å².